The quantitative estimate of drug-likeness (QED) is 0.753. The fourth-order valence-electron chi connectivity index (χ4n) is 2.49. The number of nitrogens with zero attached hydrogens (tertiary/aromatic N) is 2. The van der Waals surface area contributed by atoms with Crippen LogP contribution in [0.5, 0.6) is 0 Å². The van der Waals surface area contributed by atoms with Gasteiger partial charge in [0, 0.05) is 26.7 Å². The van der Waals surface area contributed by atoms with Gasteiger partial charge in [0.05, 0.1) is 19.3 Å². The maximum Gasteiger partial charge on any atom is 0.409 e. The zero-order valence-electron chi connectivity index (χ0n) is 13.6. The van der Waals surface area contributed by atoms with Crippen molar-refractivity contribution in [1.82, 2.24) is 9.80 Å². The summed E-state index contributed by atoms with van der Waals surface area (Å²) in [7, 11) is 1.75. The van der Waals surface area contributed by atoms with Gasteiger partial charge in [-0.3, -0.25) is 4.90 Å². The Hall–Kier alpha value is -2.03. The molecule has 23 heavy (non-hydrogen) atoms. The lowest BCUT2D eigenvalue weighted by Gasteiger charge is -2.32. The van der Waals surface area contributed by atoms with E-state index in [0.29, 0.717) is 26.3 Å². The van der Waals surface area contributed by atoms with Gasteiger partial charge >= 0.3 is 6.09 Å². The van der Waals surface area contributed by atoms with Gasteiger partial charge < -0.3 is 14.4 Å². The summed E-state index contributed by atoms with van der Waals surface area (Å²) in [5.41, 5.74) is 0.981. The Labute approximate surface area is 138 Å². The van der Waals surface area contributed by atoms with E-state index < -0.39 is 0 Å². The molecule has 0 radical (unpaired) electrons. The number of morpholine rings is 1. The van der Waals surface area contributed by atoms with Crippen molar-refractivity contribution in [2.24, 2.45) is 0 Å². The predicted molar refractivity (Wildman–Crippen MR) is 88.9 cm³/mol. The first-order valence-corrected chi connectivity index (χ1v) is 7.88. The van der Waals surface area contributed by atoms with Gasteiger partial charge in [-0.25, -0.2) is 4.79 Å². The van der Waals surface area contributed by atoms with Crippen LogP contribution in [0, 0.1) is 12.3 Å². The number of carbonyl (C=O) groups excluding carboxylic acids is 1. The van der Waals surface area contributed by atoms with Crippen LogP contribution in [0.15, 0.2) is 30.3 Å². The monoisotopic (exact) mass is 316 g/mol. The first-order chi connectivity index (χ1) is 11.2. The average Bonchev–Trinajstić information content (AvgIpc) is 2.59. The Morgan fingerprint density at radius 3 is 3.00 bits per heavy atom. The van der Waals surface area contributed by atoms with E-state index in [1.54, 1.807) is 11.9 Å². The van der Waals surface area contributed by atoms with E-state index in [1.807, 2.05) is 30.3 Å². The fourth-order valence-corrected chi connectivity index (χ4v) is 2.49. The molecule has 0 aliphatic carbocycles. The minimum absolute atomic E-state index is 0.112. The van der Waals surface area contributed by atoms with Gasteiger partial charge in [-0.05, 0) is 12.0 Å². The summed E-state index contributed by atoms with van der Waals surface area (Å²) in [5.74, 6) is 2.66. The summed E-state index contributed by atoms with van der Waals surface area (Å²) in [5, 5.41) is 0. The molecule has 124 valence electrons. The van der Waals surface area contributed by atoms with Crippen molar-refractivity contribution in [2.75, 3.05) is 39.8 Å². The molecule has 1 amide bonds. The minimum Gasteiger partial charge on any atom is -0.445 e. The van der Waals surface area contributed by atoms with Crippen LogP contribution in [0.3, 0.4) is 0 Å². The van der Waals surface area contributed by atoms with Crippen molar-refractivity contribution in [1.29, 1.82) is 0 Å². The Kier molecular flexibility index (Phi) is 6.92. The maximum absolute atomic E-state index is 12.0. The van der Waals surface area contributed by atoms with Crippen molar-refractivity contribution in [3.05, 3.63) is 35.9 Å². The largest absolute Gasteiger partial charge is 0.445 e. The zero-order chi connectivity index (χ0) is 16.5. The van der Waals surface area contributed by atoms with Crippen molar-refractivity contribution >= 4 is 6.09 Å². The normalized spacial score (nSPS) is 18.2. The number of rotatable bonds is 6. The summed E-state index contributed by atoms with van der Waals surface area (Å²) in [6, 6.07) is 9.65. The minimum atomic E-state index is -0.315. The zero-order valence-corrected chi connectivity index (χ0v) is 13.6. The van der Waals surface area contributed by atoms with Gasteiger partial charge in [0.15, 0.2) is 0 Å². The second kappa shape index (κ2) is 9.19. The third-order valence-electron chi connectivity index (χ3n) is 3.84. The summed E-state index contributed by atoms with van der Waals surface area (Å²) in [6.45, 7) is 3.91. The Morgan fingerprint density at radius 1 is 1.48 bits per heavy atom. The molecule has 5 heteroatoms. The summed E-state index contributed by atoms with van der Waals surface area (Å²) >= 11 is 0. The number of amides is 1. The molecule has 1 aliphatic rings. The Balaban J connectivity index is 1.68. The van der Waals surface area contributed by atoms with E-state index in [1.165, 1.54) is 0 Å². The van der Waals surface area contributed by atoms with Crippen LogP contribution in [-0.2, 0) is 16.1 Å². The molecule has 0 N–H and O–H groups in total. The van der Waals surface area contributed by atoms with E-state index >= 15 is 0 Å². The van der Waals surface area contributed by atoms with Crippen LogP contribution < -0.4 is 0 Å². The molecule has 1 aromatic rings. The van der Waals surface area contributed by atoms with Gasteiger partial charge in [0.1, 0.15) is 6.61 Å². The predicted octanol–water partition coefficient (Wildman–Crippen LogP) is 1.98. The summed E-state index contributed by atoms with van der Waals surface area (Å²) in [4.78, 5) is 15.8. The highest BCUT2D eigenvalue weighted by molar-refractivity contribution is 5.67. The first-order valence-electron chi connectivity index (χ1n) is 7.88. The van der Waals surface area contributed by atoms with Crippen molar-refractivity contribution in [3.8, 4) is 12.3 Å². The molecule has 0 bridgehead atoms. The molecule has 2 rings (SSSR count). The van der Waals surface area contributed by atoms with Gasteiger partial charge in [-0.2, -0.15) is 0 Å². The van der Waals surface area contributed by atoms with Gasteiger partial charge in [0.25, 0.3) is 0 Å². The number of hydrogen-bond donors (Lipinski definition) is 0. The molecule has 1 aromatic carbocycles. The van der Waals surface area contributed by atoms with E-state index in [4.69, 9.17) is 15.9 Å². The SMILES string of the molecule is C#CCN1CCO[C@@H](CCN(C)C(=O)OCc2ccccc2)C1. The van der Waals surface area contributed by atoms with Gasteiger partial charge in [-0.15, -0.1) is 6.42 Å². The molecule has 1 atom stereocenters. The molecular weight excluding hydrogens is 292 g/mol. The molecule has 0 saturated carbocycles. The maximum atomic E-state index is 12.0. The Morgan fingerprint density at radius 2 is 2.26 bits per heavy atom. The van der Waals surface area contributed by atoms with Gasteiger partial charge in [-0.1, -0.05) is 36.3 Å². The molecule has 1 fully saturated rings. The second-order valence-corrected chi connectivity index (χ2v) is 5.68. The second-order valence-electron chi connectivity index (χ2n) is 5.68. The third kappa shape index (κ3) is 5.93. The van der Waals surface area contributed by atoms with Crippen LogP contribution in [0.2, 0.25) is 0 Å². The molecule has 0 spiro atoms. The lowest BCUT2D eigenvalue weighted by Crippen LogP contribution is -2.44. The van der Waals surface area contributed by atoms with Crippen LogP contribution in [0.1, 0.15) is 12.0 Å². The fraction of sp³-hybridized carbons (Fsp3) is 0.500. The lowest BCUT2D eigenvalue weighted by atomic mass is 10.2. The molecule has 5 nitrogen and oxygen atoms in total. The number of benzene rings is 1. The van der Waals surface area contributed by atoms with Crippen LogP contribution in [0.4, 0.5) is 4.79 Å². The van der Waals surface area contributed by atoms with Crippen molar-refractivity contribution in [2.45, 2.75) is 19.1 Å². The molecule has 1 heterocycles. The van der Waals surface area contributed by atoms with Gasteiger partial charge in [0.2, 0.25) is 0 Å². The summed E-state index contributed by atoms with van der Waals surface area (Å²) < 4.78 is 11.0. The summed E-state index contributed by atoms with van der Waals surface area (Å²) in [6.07, 6.45) is 5.92. The highest BCUT2D eigenvalue weighted by atomic mass is 16.6. The number of terminal acetylenes is 1. The molecular formula is C18H24N2O3. The van der Waals surface area contributed by atoms with E-state index in [-0.39, 0.29) is 12.2 Å². The van der Waals surface area contributed by atoms with Crippen LogP contribution in [-0.4, -0.2) is 61.8 Å². The number of hydrogen-bond acceptors (Lipinski definition) is 4. The first kappa shape index (κ1) is 17.3. The van der Waals surface area contributed by atoms with Crippen LogP contribution >= 0.6 is 0 Å². The lowest BCUT2D eigenvalue weighted by molar-refractivity contribution is -0.0304. The molecule has 1 aliphatic heterocycles. The molecule has 0 aromatic heterocycles. The molecule has 0 unspecified atom stereocenters. The Bertz CT molecular complexity index is 527. The topological polar surface area (TPSA) is 42.0 Å². The molecule has 1 saturated heterocycles. The average molecular weight is 316 g/mol. The standard InChI is InChI=1S/C18H24N2O3/c1-3-10-20-12-13-22-17(14-20)9-11-19(2)18(21)23-15-16-7-5-4-6-8-16/h1,4-8,17H,9-15H2,2H3/t17-/m0/s1. The van der Waals surface area contributed by atoms with Crippen molar-refractivity contribution < 1.29 is 14.3 Å². The van der Waals surface area contributed by atoms with E-state index in [9.17, 15) is 4.79 Å². The highest BCUT2D eigenvalue weighted by Gasteiger charge is 2.21. The highest BCUT2D eigenvalue weighted by Crippen LogP contribution is 2.09. The number of ether oxygens (including phenoxy) is 2. The number of carbonyl (C=O) groups is 1. The third-order valence-corrected chi connectivity index (χ3v) is 3.84. The van der Waals surface area contributed by atoms with Crippen LogP contribution in [0.25, 0.3) is 0 Å². The van der Waals surface area contributed by atoms with E-state index in [0.717, 1.165) is 25.1 Å². The van der Waals surface area contributed by atoms with E-state index in [2.05, 4.69) is 10.8 Å². The van der Waals surface area contributed by atoms with Crippen molar-refractivity contribution in [3.63, 3.8) is 0 Å². The smallest absolute Gasteiger partial charge is 0.409 e.